The molecule has 0 radical (unpaired) electrons. The fraction of sp³-hybridized carbons (Fsp3) is 0.812. The number of amides is 1. The quantitative estimate of drug-likeness (QED) is 0.858. The lowest BCUT2D eigenvalue weighted by atomic mass is 9.85. The summed E-state index contributed by atoms with van der Waals surface area (Å²) in [6.45, 7) is 1.74. The average molecular weight is 373 g/mol. The number of carbonyl (C=O) groups excluding carboxylic acids is 1. The highest BCUT2D eigenvalue weighted by molar-refractivity contribution is 5.81. The van der Waals surface area contributed by atoms with Crippen molar-refractivity contribution in [1.29, 1.82) is 0 Å². The Morgan fingerprint density at radius 2 is 2.04 bits per heavy atom. The SMILES string of the molecule is O=C(C1CCCO1)N1CCC([C@@H]2C[C@H](C(F)(F)F)n3ncnc3N2)CC1. The summed E-state index contributed by atoms with van der Waals surface area (Å²) in [6.07, 6.45) is -0.614. The number of rotatable bonds is 2. The number of piperidine rings is 1. The largest absolute Gasteiger partial charge is 0.411 e. The first kappa shape index (κ1) is 17.6. The van der Waals surface area contributed by atoms with Crippen LogP contribution in [-0.4, -0.2) is 63.6 Å². The van der Waals surface area contributed by atoms with Crippen LogP contribution in [0, 0.1) is 5.92 Å². The van der Waals surface area contributed by atoms with Gasteiger partial charge in [0.2, 0.25) is 5.95 Å². The van der Waals surface area contributed by atoms with Gasteiger partial charge in [-0.1, -0.05) is 0 Å². The van der Waals surface area contributed by atoms with Crippen molar-refractivity contribution >= 4 is 11.9 Å². The fourth-order valence-electron chi connectivity index (χ4n) is 4.23. The van der Waals surface area contributed by atoms with Crippen molar-refractivity contribution in [3.63, 3.8) is 0 Å². The molecule has 0 aliphatic carbocycles. The normalized spacial score (nSPS) is 30.1. The number of likely N-dealkylation sites (tertiary alicyclic amines) is 1. The molecule has 0 bridgehead atoms. The molecular weight excluding hydrogens is 351 g/mol. The Morgan fingerprint density at radius 1 is 1.27 bits per heavy atom. The van der Waals surface area contributed by atoms with Gasteiger partial charge in [0.25, 0.3) is 5.91 Å². The Bertz CT molecular complexity index is 651. The highest BCUT2D eigenvalue weighted by Gasteiger charge is 2.48. The molecule has 1 aromatic rings. The predicted octanol–water partition coefficient (Wildman–Crippen LogP) is 1.98. The van der Waals surface area contributed by atoms with E-state index in [1.165, 1.54) is 0 Å². The maximum atomic E-state index is 13.4. The van der Waals surface area contributed by atoms with E-state index in [2.05, 4.69) is 15.4 Å². The molecule has 4 heterocycles. The molecule has 2 saturated heterocycles. The molecule has 0 aromatic carbocycles. The molecular formula is C16H22F3N5O2. The van der Waals surface area contributed by atoms with E-state index in [0.29, 0.717) is 32.5 Å². The zero-order valence-corrected chi connectivity index (χ0v) is 14.3. The first-order valence-electron chi connectivity index (χ1n) is 9.06. The van der Waals surface area contributed by atoms with Crippen LogP contribution in [-0.2, 0) is 9.53 Å². The average Bonchev–Trinajstić information content (AvgIpc) is 3.31. The standard InChI is InChI=1S/C16H22F3N5O2/c17-16(18,19)13-8-11(22-15-20-9-21-24(13)15)10-3-5-23(6-4-10)14(25)12-2-1-7-26-12/h9-13H,1-8H2,(H,20,21,22)/t11-,12?,13+/m0/s1. The summed E-state index contributed by atoms with van der Waals surface area (Å²) in [5, 5.41) is 6.83. The molecule has 10 heteroatoms. The molecule has 3 aliphatic rings. The molecule has 144 valence electrons. The molecule has 26 heavy (non-hydrogen) atoms. The van der Waals surface area contributed by atoms with Gasteiger partial charge in [-0.25, -0.2) is 4.68 Å². The van der Waals surface area contributed by atoms with Gasteiger partial charge in [-0.3, -0.25) is 4.79 Å². The Morgan fingerprint density at radius 3 is 2.69 bits per heavy atom. The smallest absolute Gasteiger partial charge is 0.368 e. The Hall–Kier alpha value is -1.84. The van der Waals surface area contributed by atoms with Crippen LogP contribution in [0.3, 0.4) is 0 Å². The summed E-state index contributed by atoms with van der Waals surface area (Å²) in [7, 11) is 0. The van der Waals surface area contributed by atoms with Crippen LogP contribution in [0.4, 0.5) is 19.1 Å². The van der Waals surface area contributed by atoms with Crippen molar-refractivity contribution < 1.29 is 22.7 Å². The van der Waals surface area contributed by atoms with E-state index >= 15 is 0 Å². The highest BCUT2D eigenvalue weighted by Crippen LogP contribution is 2.41. The van der Waals surface area contributed by atoms with Gasteiger partial charge in [0.15, 0.2) is 6.04 Å². The number of hydrogen-bond acceptors (Lipinski definition) is 5. The minimum absolute atomic E-state index is 0.0189. The van der Waals surface area contributed by atoms with E-state index in [4.69, 9.17) is 4.74 Å². The molecule has 3 atom stereocenters. The van der Waals surface area contributed by atoms with Crippen molar-refractivity contribution in [3.8, 4) is 0 Å². The van der Waals surface area contributed by atoms with Gasteiger partial charge in [-0.15, -0.1) is 0 Å². The third kappa shape index (κ3) is 3.26. The number of ether oxygens (including phenoxy) is 1. The van der Waals surface area contributed by atoms with E-state index < -0.39 is 12.2 Å². The zero-order chi connectivity index (χ0) is 18.3. The maximum Gasteiger partial charge on any atom is 0.411 e. The van der Waals surface area contributed by atoms with Gasteiger partial charge in [-0.2, -0.15) is 23.3 Å². The molecule has 1 unspecified atom stereocenters. The van der Waals surface area contributed by atoms with E-state index in [9.17, 15) is 18.0 Å². The molecule has 0 saturated carbocycles. The second-order valence-corrected chi connectivity index (χ2v) is 7.24. The van der Waals surface area contributed by atoms with E-state index in [0.717, 1.165) is 23.9 Å². The number of aromatic nitrogens is 3. The van der Waals surface area contributed by atoms with Crippen LogP contribution in [0.1, 0.15) is 38.1 Å². The number of carbonyl (C=O) groups is 1. The Kier molecular flexibility index (Phi) is 4.54. The van der Waals surface area contributed by atoms with E-state index in [1.807, 2.05) is 0 Å². The Labute approximate surface area is 148 Å². The number of nitrogens with one attached hydrogen (secondary N) is 1. The number of anilines is 1. The van der Waals surface area contributed by atoms with Crippen LogP contribution in [0.15, 0.2) is 6.33 Å². The summed E-state index contributed by atoms with van der Waals surface area (Å²) < 4.78 is 46.6. The second kappa shape index (κ2) is 6.71. The molecule has 4 rings (SSSR count). The van der Waals surface area contributed by atoms with E-state index in [-0.39, 0.29) is 36.3 Å². The zero-order valence-electron chi connectivity index (χ0n) is 14.3. The van der Waals surface area contributed by atoms with Gasteiger partial charge >= 0.3 is 6.18 Å². The molecule has 1 aromatic heterocycles. The van der Waals surface area contributed by atoms with Crippen molar-refractivity contribution in [1.82, 2.24) is 19.7 Å². The molecule has 1 amide bonds. The van der Waals surface area contributed by atoms with E-state index in [1.54, 1.807) is 4.90 Å². The van der Waals surface area contributed by atoms with Crippen LogP contribution in [0.2, 0.25) is 0 Å². The monoisotopic (exact) mass is 373 g/mol. The van der Waals surface area contributed by atoms with Crippen molar-refractivity contribution in [2.45, 2.75) is 56.5 Å². The summed E-state index contributed by atoms with van der Waals surface area (Å²) in [5.41, 5.74) is 0. The number of fused-ring (bicyclic) bond motifs is 1. The molecule has 1 N–H and O–H groups in total. The fourth-order valence-corrected chi connectivity index (χ4v) is 4.23. The van der Waals surface area contributed by atoms with Crippen LogP contribution < -0.4 is 5.32 Å². The van der Waals surface area contributed by atoms with Gasteiger partial charge in [0.05, 0.1) is 0 Å². The lowest BCUT2D eigenvalue weighted by molar-refractivity contribution is -0.174. The molecule has 3 aliphatic heterocycles. The lowest BCUT2D eigenvalue weighted by Crippen LogP contribution is -2.49. The molecule has 7 nitrogen and oxygen atoms in total. The predicted molar refractivity (Wildman–Crippen MR) is 85.4 cm³/mol. The van der Waals surface area contributed by atoms with Gasteiger partial charge in [0.1, 0.15) is 12.4 Å². The van der Waals surface area contributed by atoms with Gasteiger partial charge < -0.3 is 15.0 Å². The molecule has 2 fully saturated rings. The highest BCUT2D eigenvalue weighted by atomic mass is 19.4. The van der Waals surface area contributed by atoms with Crippen LogP contribution in [0.5, 0.6) is 0 Å². The number of hydrogen-bond donors (Lipinski definition) is 1. The summed E-state index contributed by atoms with van der Waals surface area (Å²) in [4.78, 5) is 18.1. The van der Waals surface area contributed by atoms with Gasteiger partial charge in [-0.05, 0) is 38.0 Å². The summed E-state index contributed by atoms with van der Waals surface area (Å²) in [5.74, 6) is 0.255. The van der Waals surface area contributed by atoms with Gasteiger partial charge in [0, 0.05) is 25.7 Å². The first-order valence-corrected chi connectivity index (χ1v) is 9.06. The third-order valence-electron chi connectivity index (χ3n) is 5.66. The number of halogens is 3. The van der Waals surface area contributed by atoms with Crippen molar-refractivity contribution in [3.05, 3.63) is 6.33 Å². The third-order valence-corrected chi connectivity index (χ3v) is 5.66. The van der Waals surface area contributed by atoms with Crippen LogP contribution >= 0.6 is 0 Å². The molecule has 0 spiro atoms. The van der Waals surface area contributed by atoms with Crippen molar-refractivity contribution in [2.24, 2.45) is 5.92 Å². The minimum Gasteiger partial charge on any atom is -0.368 e. The first-order chi connectivity index (χ1) is 12.4. The van der Waals surface area contributed by atoms with Crippen molar-refractivity contribution in [2.75, 3.05) is 25.0 Å². The summed E-state index contributed by atoms with van der Waals surface area (Å²) >= 11 is 0. The summed E-state index contributed by atoms with van der Waals surface area (Å²) in [6, 6.07) is -1.98. The van der Waals surface area contributed by atoms with Crippen LogP contribution in [0.25, 0.3) is 0 Å². The Balaban J connectivity index is 1.39. The topological polar surface area (TPSA) is 72.3 Å². The number of nitrogens with zero attached hydrogens (tertiary/aromatic N) is 4. The second-order valence-electron chi connectivity index (χ2n) is 7.24. The lowest BCUT2D eigenvalue weighted by Gasteiger charge is -2.40. The number of alkyl halides is 3. The minimum atomic E-state index is -4.36. The maximum absolute atomic E-state index is 13.4.